The first-order chi connectivity index (χ1) is 7.20. The van der Waals surface area contributed by atoms with Crippen molar-refractivity contribution in [2.75, 3.05) is 7.05 Å². The molecule has 84 valence electrons. The molecule has 0 aromatic carbocycles. The Bertz CT molecular complexity index is 269. The molecule has 2 aliphatic rings. The summed E-state index contributed by atoms with van der Waals surface area (Å²) in [4.78, 5) is 13.6. The highest BCUT2D eigenvalue weighted by molar-refractivity contribution is 5.99. The number of amides is 1. The van der Waals surface area contributed by atoms with E-state index in [1.54, 1.807) is 11.9 Å². The van der Waals surface area contributed by atoms with E-state index < -0.39 is 0 Å². The van der Waals surface area contributed by atoms with Gasteiger partial charge in [-0.15, -0.1) is 0 Å². The second-order valence-electron chi connectivity index (χ2n) is 4.89. The lowest BCUT2D eigenvalue weighted by Gasteiger charge is -2.36. The Morgan fingerprint density at radius 2 is 1.87 bits per heavy atom. The van der Waals surface area contributed by atoms with Crippen LogP contribution in [0.15, 0.2) is 0 Å². The summed E-state index contributed by atoms with van der Waals surface area (Å²) in [6.07, 6.45) is 8.04. The monoisotopic (exact) mass is 208 g/mol. The molecule has 1 amide bonds. The van der Waals surface area contributed by atoms with Crippen LogP contribution in [0.5, 0.6) is 0 Å². The van der Waals surface area contributed by atoms with E-state index in [1.165, 1.54) is 32.1 Å². The van der Waals surface area contributed by atoms with Crippen molar-refractivity contribution < 1.29 is 4.79 Å². The van der Waals surface area contributed by atoms with E-state index >= 15 is 0 Å². The molecule has 3 nitrogen and oxygen atoms in total. The Balaban J connectivity index is 2.02. The predicted molar refractivity (Wildman–Crippen MR) is 59.8 cm³/mol. The number of hydrogen-bond donors (Lipinski definition) is 1. The molecule has 1 aliphatic heterocycles. The van der Waals surface area contributed by atoms with Crippen LogP contribution in [0.2, 0.25) is 0 Å². The summed E-state index contributed by atoms with van der Waals surface area (Å²) in [6.45, 7) is 0. The quantitative estimate of drug-likeness (QED) is 0.706. The van der Waals surface area contributed by atoms with Gasteiger partial charge < -0.3 is 4.90 Å². The third-order valence-corrected chi connectivity index (χ3v) is 3.96. The summed E-state index contributed by atoms with van der Waals surface area (Å²) in [7, 11) is 1.75. The fourth-order valence-electron chi connectivity index (χ4n) is 2.94. The minimum atomic E-state index is 0.193. The zero-order valence-corrected chi connectivity index (χ0v) is 9.46. The van der Waals surface area contributed by atoms with Crippen LogP contribution < -0.4 is 0 Å². The Kier molecular flexibility index (Phi) is 3.08. The largest absolute Gasteiger partial charge is 0.304 e. The minimum Gasteiger partial charge on any atom is -0.304 e. The molecule has 1 saturated carbocycles. The molecule has 0 spiro atoms. The van der Waals surface area contributed by atoms with Crippen molar-refractivity contribution in [2.24, 2.45) is 11.8 Å². The minimum absolute atomic E-state index is 0.193. The molecular weight excluding hydrogens is 188 g/mol. The van der Waals surface area contributed by atoms with Gasteiger partial charge in [0.05, 0.1) is 0 Å². The van der Waals surface area contributed by atoms with Crippen LogP contribution in [0.3, 0.4) is 0 Å². The number of carbonyl (C=O) groups excluding carboxylic acids is 1. The van der Waals surface area contributed by atoms with Gasteiger partial charge in [0, 0.05) is 19.4 Å². The van der Waals surface area contributed by atoms with E-state index in [-0.39, 0.29) is 11.8 Å². The standard InChI is InChI=1S/C12H20N2O/c1-14-11(13)8-7-10(12(14)15)9-5-3-2-4-6-9/h9-10,13H,2-8H2,1H3/t10-/m1/s1. The highest BCUT2D eigenvalue weighted by atomic mass is 16.2. The first-order valence-corrected chi connectivity index (χ1v) is 6.05. The van der Waals surface area contributed by atoms with Gasteiger partial charge in [-0.1, -0.05) is 19.3 Å². The summed E-state index contributed by atoms with van der Waals surface area (Å²) >= 11 is 0. The number of amidine groups is 1. The van der Waals surface area contributed by atoms with Gasteiger partial charge in [0.1, 0.15) is 5.84 Å². The fourth-order valence-corrected chi connectivity index (χ4v) is 2.94. The summed E-state index contributed by atoms with van der Waals surface area (Å²) in [5, 5.41) is 7.63. The first kappa shape index (κ1) is 10.7. The lowest BCUT2D eigenvalue weighted by atomic mass is 9.76. The number of nitrogens with zero attached hydrogens (tertiary/aromatic N) is 1. The van der Waals surface area contributed by atoms with Gasteiger partial charge in [-0.25, -0.2) is 0 Å². The van der Waals surface area contributed by atoms with Gasteiger partial charge in [-0.3, -0.25) is 10.2 Å². The van der Waals surface area contributed by atoms with Crippen molar-refractivity contribution in [2.45, 2.75) is 44.9 Å². The molecule has 1 saturated heterocycles. The molecule has 15 heavy (non-hydrogen) atoms. The maximum atomic E-state index is 12.0. The van der Waals surface area contributed by atoms with Gasteiger partial charge in [0.2, 0.25) is 5.91 Å². The molecule has 3 heteroatoms. The number of likely N-dealkylation sites (tertiary alicyclic amines) is 1. The number of nitrogens with one attached hydrogen (secondary N) is 1. The number of carbonyl (C=O) groups is 1. The second kappa shape index (κ2) is 4.33. The molecule has 2 fully saturated rings. The molecule has 0 unspecified atom stereocenters. The summed E-state index contributed by atoms with van der Waals surface area (Å²) in [6, 6.07) is 0. The first-order valence-electron chi connectivity index (χ1n) is 6.05. The van der Waals surface area contributed by atoms with Crippen molar-refractivity contribution in [1.82, 2.24) is 4.90 Å². The molecule has 2 rings (SSSR count). The molecule has 0 aromatic heterocycles. The third kappa shape index (κ3) is 2.06. The Morgan fingerprint density at radius 1 is 1.20 bits per heavy atom. The number of piperidine rings is 1. The average Bonchev–Trinajstić information content (AvgIpc) is 2.27. The maximum absolute atomic E-state index is 12.0. The van der Waals surface area contributed by atoms with E-state index in [0.717, 1.165) is 12.8 Å². The molecule has 0 aromatic rings. The summed E-state index contributed by atoms with van der Waals surface area (Å²) in [5.74, 6) is 1.50. The smallest absolute Gasteiger partial charge is 0.231 e. The van der Waals surface area contributed by atoms with Crippen LogP contribution in [-0.4, -0.2) is 23.7 Å². The number of rotatable bonds is 1. The molecule has 0 bridgehead atoms. The Labute approximate surface area is 91.3 Å². The van der Waals surface area contributed by atoms with E-state index in [2.05, 4.69) is 0 Å². The topological polar surface area (TPSA) is 44.2 Å². The van der Waals surface area contributed by atoms with E-state index in [0.29, 0.717) is 11.8 Å². The summed E-state index contributed by atoms with van der Waals surface area (Å²) < 4.78 is 0. The molecule has 0 radical (unpaired) electrons. The lowest BCUT2D eigenvalue weighted by molar-refractivity contribution is -0.134. The third-order valence-electron chi connectivity index (χ3n) is 3.96. The lowest BCUT2D eigenvalue weighted by Crippen LogP contribution is -2.44. The Morgan fingerprint density at radius 3 is 2.53 bits per heavy atom. The number of hydrogen-bond acceptors (Lipinski definition) is 2. The van der Waals surface area contributed by atoms with E-state index in [1.807, 2.05) is 0 Å². The molecule has 1 N–H and O–H groups in total. The van der Waals surface area contributed by atoms with Crippen LogP contribution >= 0.6 is 0 Å². The average molecular weight is 208 g/mol. The van der Waals surface area contributed by atoms with Gasteiger partial charge in [-0.2, -0.15) is 0 Å². The highest BCUT2D eigenvalue weighted by Gasteiger charge is 2.35. The van der Waals surface area contributed by atoms with Crippen LogP contribution in [0.1, 0.15) is 44.9 Å². The van der Waals surface area contributed by atoms with Crippen molar-refractivity contribution in [3.63, 3.8) is 0 Å². The fraction of sp³-hybridized carbons (Fsp3) is 0.833. The van der Waals surface area contributed by atoms with Gasteiger partial charge in [0.15, 0.2) is 0 Å². The summed E-state index contributed by atoms with van der Waals surface area (Å²) in [5.41, 5.74) is 0. The zero-order chi connectivity index (χ0) is 10.8. The molecule has 1 aliphatic carbocycles. The van der Waals surface area contributed by atoms with Crippen molar-refractivity contribution in [1.29, 1.82) is 5.41 Å². The molecule has 1 heterocycles. The van der Waals surface area contributed by atoms with Gasteiger partial charge in [-0.05, 0) is 25.2 Å². The molecule has 1 atom stereocenters. The van der Waals surface area contributed by atoms with E-state index in [9.17, 15) is 4.79 Å². The Hall–Kier alpha value is -0.860. The van der Waals surface area contributed by atoms with Crippen LogP contribution in [0, 0.1) is 17.2 Å². The van der Waals surface area contributed by atoms with E-state index in [4.69, 9.17) is 5.41 Å². The van der Waals surface area contributed by atoms with Crippen molar-refractivity contribution >= 4 is 11.7 Å². The van der Waals surface area contributed by atoms with Crippen molar-refractivity contribution in [3.8, 4) is 0 Å². The van der Waals surface area contributed by atoms with Crippen LogP contribution in [0.4, 0.5) is 0 Å². The SMILES string of the molecule is CN1C(=N)CC[C@H](C2CCCCC2)C1=O. The normalized spacial score (nSPS) is 29.7. The second-order valence-corrected chi connectivity index (χ2v) is 4.89. The van der Waals surface area contributed by atoms with Gasteiger partial charge >= 0.3 is 0 Å². The highest BCUT2D eigenvalue weighted by Crippen LogP contribution is 2.35. The molecular formula is C12H20N2O. The maximum Gasteiger partial charge on any atom is 0.231 e. The predicted octanol–water partition coefficient (Wildman–Crippen LogP) is 2.41. The van der Waals surface area contributed by atoms with Crippen LogP contribution in [0.25, 0.3) is 0 Å². The zero-order valence-electron chi connectivity index (χ0n) is 9.46. The van der Waals surface area contributed by atoms with Crippen molar-refractivity contribution in [3.05, 3.63) is 0 Å². The van der Waals surface area contributed by atoms with Crippen LogP contribution in [-0.2, 0) is 4.79 Å². The van der Waals surface area contributed by atoms with Gasteiger partial charge in [0.25, 0.3) is 0 Å².